The third-order valence-electron chi connectivity index (χ3n) is 2.84. The maximum Gasteiger partial charge on any atom is 0.278 e. The molecule has 2 aromatic heterocycles. The van der Waals surface area contributed by atoms with E-state index in [-0.39, 0.29) is 0 Å². The maximum atomic E-state index is 5.97. The summed E-state index contributed by atoms with van der Waals surface area (Å²) in [5.74, 6) is 0.850. The number of hydrogen-bond acceptors (Lipinski definition) is 5. The van der Waals surface area contributed by atoms with Crippen molar-refractivity contribution in [3.63, 3.8) is 0 Å². The molecule has 3 rings (SSSR count). The second kappa shape index (κ2) is 5.97. The normalized spacial score (nSPS) is 11.0. The van der Waals surface area contributed by atoms with Crippen LogP contribution >= 0.6 is 27.5 Å². The average Bonchev–Trinajstić information content (AvgIpc) is 3.11. The molecular formula is C13H11BrClN5O. The van der Waals surface area contributed by atoms with Crippen LogP contribution in [0.5, 0.6) is 0 Å². The van der Waals surface area contributed by atoms with Crippen LogP contribution in [-0.4, -0.2) is 26.2 Å². The first-order valence-electron chi connectivity index (χ1n) is 6.18. The van der Waals surface area contributed by atoms with Crippen LogP contribution in [0.2, 0.25) is 5.02 Å². The van der Waals surface area contributed by atoms with E-state index in [2.05, 4.69) is 31.1 Å². The number of nitrogens with zero attached hydrogens (tertiary/aromatic N) is 4. The predicted molar refractivity (Wildman–Crippen MR) is 82.7 cm³/mol. The van der Waals surface area contributed by atoms with Gasteiger partial charge in [-0.05, 0) is 34.1 Å². The molecule has 1 aromatic carbocycles. The summed E-state index contributed by atoms with van der Waals surface area (Å²) >= 11 is 9.34. The van der Waals surface area contributed by atoms with E-state index in [1.54, 1.807) is 12.4 Å². The molecule has 21 heavy (non-hydrogen) atoms. The van der Waals surface area contributed by atoms with E-state index in [4.69, 9.17) is 21.9 Å². The molecule has 0 amide bonds. The average molecular weight is 369 g/mol. The van der Waals surface area contributed by atoms with Crippen molar-refractivity contribution in [2.45, 2.75) is 6.54 Å². The van der Waals surface area contributed by atoms with Gasteiger partial charge in [0.25, 0.3) is 5.89 Å². The highest BCUT2D eigenvalue weighted by Gasteiger charge is 2.13. The van der Waals surface area contributed by atoms with Gasteiger partial charge in [0, 0.05) is 29.3 Å². The van der Waals surface area contributed by atoms with E-state index in [0.29, 0.717) is 35.5 Å². The number of hydrogen-bond donors (Lipinski definition) is 1. The Labute approximate surface area is 134 Å². The molecule has 0 saturated carbocycles. The molecule has 0 unspecified atom stereocenters. The lowest BCUT2D eigenvalue weighted by Crippen LogP contribution is -2.07. The van der Waals surface area contributed by atoms with Crippen molar-refractivity contribution in [1.29, 1.82) is 0 Å². The Morgan fingerprint density at radius 1 is 1.38 bits per heavy atom. The van der Waals surface area contributed by atoms with Gasteiger partial charge in [-0.1, -0.05) is 16.8 Å². The van der Waals surface area contributed by atoms with Crippen LogP contribution in [-0.2, 0) is 6.54 Å². The lowest BCUT2D eigenvalue weighted by molar-refractivity contribution is 0.431. The molecule has 2 N–H and O–H groups in total. The number of rotatable bonds is 4. The van der Waals surface area contributed by atoms with Crippen LogP contribution in [0.4, 0.5) is 0 Å². The molecule has 0 fully saturated rings. The fraction of sp³-hybridized carbons (Fsp3) is 0.154. The molecule has 0 bridgehead atoms. The summed E-state index contributed by atoms with van der Waals surface area (Å²) in [5.41, 5.74) is 6.93. The van der Waals surface area contributed by atoms with Crippen molar-refractivity contribution < 1.29 is 4.52 Å². The van der Waals surface area contributed by atoms with Gasteiger partial charge >= 0.3 is 0 Å². The summed E-state index contributed by atoms with van der Waals surface area (Å²) in [6.45, 7) is 1.24. The van der Waals surface area contributed by atoms with Gasteiger partial charge in [-0.2, -0.15) is 4.98 Å². The highest BCUT2D eigenvalue weighted by Crippen LogP contribution is 2.28. The molecule has 0 radical (unpaired) electrons. The molecule has 0 aliphatic rings. The maximum absolute atomic E-state index is 5.97. The van der Waals surface area contributed by atoms with Crippen LogP contribution in [0, 0.1) is 0 Å². The van der Waals surface area contributed by atoms with E-state index < -0.39 is 0 Å². The van der Waals surface area contributed by atoms with E-state index in [9.17, 15) is 0 Å². The monoisotopic (exact) mass is 367 g/mol. The second-order valence-electron chi connectivity index (χ2n) is 4.34. The van der Waals surface area contributed by atoms with Gasteiger partial charge in [0.15, 0.2) is 0 Å². The van der Waals surface area contributed by atoms with Crippen molar-refractivity contribution in [2.24, 2.45) is 5.73 Å². The Morgan fingerprint density at radius 3 is 3.00 bits per heavy atom. The van der Waals surface area contributed by atoms with E-state index in [1.165, 1.54) is 0 Å². The molecular weight excluding hydrogens is 358 g/mol. The number of imidazole rings is 1. The highest BCUT2D eigenvalue weighted by molar-refractivity contribution is 9.10. The number of benzene rings is 1. The highest BCUT2D eigenvalue weighted by atomic mass is 79.9. The summed E-state index contributed by atoms with van der Waals surface area (Å²) in [7, 11) is 0. The summed E-state index contributed by atoms with van der Waals surface area (Å²) in [6.07, 6.45) is 3.51. The standard InChI is InChI=1S/C13H11BrClN5O/c14-9-5-8(1-2-10(9)15)12-18-13(21-19-12)11-6-20(4-3-16)7-17-11/h1-2,5-7H,3-4,16H2. The zero-order chi connectivity index (χ0) is 14.8. The van der Waals surface area contributed by atoms with Gasteiger partial charge in [-0.25, -0.2) is 4.98 Å². The molecule has 108 valence electrons. The molecule has 3 aromatic rings. The van der Waals surface area contributed by atoms with E-state index >= 15 is 0 Å². The second-order valence-corrected chi connectivity index (χ2v) is 5.60. The lowest BCUT2D eigenvalue weighted by Gasteiger charge is -1.97. The van der Waals surface area contributed by atoms with Gasteiger partial charge in [0.1, 0.15) is 5.69 Å². The zero-order valence-corrected chi connectivity index (χ0v) is 13.2. The first-order valence-corrected chi connectivity index (χ1v) is 7.36. The summed E-state index contributed by atoms with van der Waals surface area (Å²) in [6, 6.07) is 5.44. The molecule has 0 aliphatic heterocycles. The fourth-order valence-electron chi connectivity index (χ4n) is 1.82. The van der Waals surface area contributed by atoms with E-state index in [0.717, 1.165) is 10.0 Å². The molecule has 0 atom stereocenters. The zero-order valence-electron chi connectivity index (χ0n) is 10.8. The van der Waals surface area contributed by atoms with Crippen molar-refractivity contribution in [3.8, 4) is 23.0 Å². The fourth-order valence-corrected chi connectivity index (χ4v) is 2.32. The lowest BCUT2D eigenvalue weighted by atomic mass is 10.2. The topological polar surface area (TPSA) is 82.8 Å². The number of nitrogens with two attached hydrogens (primary N) is 1. The van der Waals surface area contributed by atoms with Gasteiger partial charge in [-0.15, -0.1) is 0 Å². The Hall–Kier alpha value is -1.70. The molecule has 6 nitrogen and oxygen atoms in total. The first-order chi connectivity index (χ1) is 10.2. The van der Waals surface area contributed by atoms with Crippen LogP contribution in [0.25, 0.3) is 23.0 Å². The minimum absolute atomic E-state index is 0.367. The van der Waals surface area contributed by atoms with Crippen LogP contribution in [0.15, 0.2) is 39.7 Å². The van der Waals surface area contributed by atoms with Crippen LogP contribution in [0.3, 0.4) is 0 Å². The first kappa shape index (κ1) is 14.2. The van der Waals surface area contributed by atoms with Crippen molar-refractivity contribution in [3.05, 3.63) is 40.2 Å². The Morgan fingerprint density at radius 2 is 2.24 bits per heavy atom. The molecule has 0 spiro atoms. The van der Waals surface area contributed by atoms with Gasteiger partial charge in [-0.3, -0.25) is 0 Å². The quantitative estimate of drug-likeness (QED) is 0.765. The minimum atomic E-state index is 0.367. The molecule has 0 saturated heterocycles. The van der Waals surface area contributed by atoms with Gasteiger partial charge in [0.05, 0.1) is 11.3 Å². The third-order valence-corrected chi connectivity index (χ3v) is 4.06. The van der Waals surface area contributed by atoms with Gasteiger partial charge in [0.2, 0.25) is 5.82 Å². The minimum Gasteiger partial charge on any atom is -0.335 e. The van der Waals surface area contributed by atoms with Crippen molar-refractivity contribution >= 4 is 27.5 Å². The number of aromatic nitrogens is 4. The summed E-state index contributed by atoms with van der Waals surface area (Å²) < 4.78 is 7.90. The Bertz CT molecular complexity index is 770. The summed E-state index contributed by atoms with van der Waals surface area (Å²) in [5, 5.41) is 4.59. The largest absolute Gasteiger partial charge is 0.335 e. The molecule has 8 heteroatoms. The third kappa shape index (κ3) is 2.99. The van der Waals surface area contributed by atoms with Gasteiger partial charge < -0.3 is 14.8 Å². The Kier molecular flexibility index (Phi) is 4.05. The van der Waals surface area contributed by atoms with Crippen LogP contribution in [0.1, 0.15) is 0 Å². The smallest absolute Gasteiger partial charge is 0.278 e. The number of halogens is 2. The van der Waals surface area contributed by atoms with Crippen molar-refractivity contribution in [1.82, 2.24) is 19.7 Å². The Balaban J connectivity index is 1.89. The van der Waals surface area contributed by atoms with Crippen molar-refractivity contribution in [2.75, 3.05) is 6.54 Å². The SMILES string of the molecule is NCCn1cnc(-c2nc(-c3ccc(Cl)c(Br)c3)no2)c1. The molecule has 0 aliphatic carbocycles. The summed E-state index contributed by atoms with van der Waals surface area (Å²) in [4.78, 5) is 8.57. The molecule has 2 heterocycles. The van der Waals surface area contributed by atoms with E-state index in [1.807, 2.05) is 22.9 Å². The van der Waals surface area contributed by atoms with Crippen LogP contribution < -0.4 is 5.73 Å². The predicted octanol–water partition coefficient (Wildman–Crippen LogP) is 2.97.